The van der Waals surface area contributed by atoms with Crippen LogP contribution in [0.3, 0.4) is 0 Å². The molecule has 0 bridgehead atoms. The molecule has 30 heavy (non-hydrogen) atoms. The van der Waals surface area contributed by atoms with E-state index in [1.54, 1.807) is 12.5 Å². The number of nitrogens with two attached hydrogens (primary N) is 1. The van der Waals surface area contributed by atoms with Crippen LogP contribution in [0.2, 0.25) is 0 Å². The fourth-order valence-electron chi connectivity index (χ4n) is 3.51. The molecule has 5 aromatic rings. The number of ether oxygens (including phenoxy) is 1. The van der Waals surface area contributed by atoms with Crippen LogP contribution in [0.5, 0.6) is 5.75 Å². The second-order valence-corrected chi connectivity index (χ2v) is 6.88. The van der Waals surface area contributed by atoms with Crippen LogP contribution >= 0.6 is 0 Å². The Hall–Kier alpha value is -4.13. The van der Waals surface area contributed by atoms with Crippen LogP contribution < -0.4 is 10.5 Å². The third-order valence-electron chi connectivity index (χ3n) is 4.99. The fourth-order valence-corrected chi connectivity index (χ4v) is 3.51. The first-order valence-corrected chi connectivity index (χ1v) is 9.65. The molecule has 0 radical (unpaired) electrons. The average Bonchev–Trinajstić information content (AvgIpc) is 3.44. The zero-order valence-electron chi connectivity index (χ0n) is 16.2. The van der Waals surface area contributed by atoms with Crippen molar-refractivity contribution in [1.82, 2.24) is 24.1 Å². The summed E-state index contributed by atoms with van der Waals surface area (Å²) in [4.78, 5) is 12.7. The number of hydrogen-bond acceptors (Lipinski definition) is 5. The summed E-state index contributed by atoms with van der Waals surface area (Å²) < 4.78 is 9.86. The molecule has 5 rings (SSSR count). The van der Waals surface area contributed by atoms with E-state index in [0.29, 0.717) is 12.4 Å². The lowest BCUT2D eigenvalue weighted by molar-refractivity contribution is 0.298. The van der Waals surface area contributed by atoms with Gasteiger partial charge in [-0.05, 0) is 29.8 Å². The molecule has 0 amide bonds. The first-order chi connectivity index (χ1) is 14.8. The predicted molar refractivity (Wildman–Crippen MR) is 116 cm³/mol. The van der Waals surface area contributed by atoms with E-state index in [-0.39, 0.29) is 0 Å². The van der Waals surface area contributed by atoms with Crippen molar-refractivity contribution >= 4 is 16.9 Å². The molecular formula is C23H20N6O. The Morgan fingerprint density at radius 3 is 2.57 bits per heavy atom. The van der Waals surface area contributed by atoms with Crippen molar-refractivity contribution in [1.29, 1.82) is 0 Å². The van der Waals surface area contributed by atoms with Gasteiger partial charge in [0.25, 0.3) is 0 Å². The maximum absolute atomic E-state index is 6.21. The largest absolute Gasteiger partial charge is 0.492 e. The Morgan fingerprint density at radius 1 is 0.967 bits per heavy atom. The summed E-state index contributed by atoms with van der Waals surface area (Å²) in [7, 11) is 0. The van der Waals surface area contributed by atoms with E-state index in [1.165, 1.54) is 6.33 Å². The van der Waals surface area contributed by atoms with Crippen LogP contribution in [0.15, 0.2) is 85.8 Å². The minimum absolute atomic E-state index is 0.469. The van der Waals surface area contributed by atoms with Crippen molar-refractivity contribution in [3.63, 3.8) is 0 Å². The molecule has 148 valence electrons. The van der Waals surface area contributed by atoms with E-state index in [9.17, 15) is 0 Å². The van der Waals surface area contributed by atoms with E-state index in [4.69, 9.17) is 10.5 Å². The van der Waals surface area contributed by atoms with E-state index in [2.05, 4.69) is 33.3 Å². The van der Waals surface area contributed by atoms with Crippen molar-refractivity contribution < 1.29 is 4.74 Å². The summed E-state index contributed by atoms with van der Waals surface area (Å²) in [6.07, 6.45) is 9.01. The van der Waals surface area contributed by atoms with Crippen molar-refractivity contribution in [3.05, 3.63) is 85.8 Å². The molecule has 0 aliphatic carbocycles. The van der Waals surface area contributed by atoms with Crippen LogP contribution in [-0.4, -0.2) is 30.7 Å². The van der Waals surface area contributed by atoms with Gasteiger partial charge in [-0.25, -0.2) is 15.0 Å². The number of aromatic nitrogens is 5. The first-order valence-electron chi connectivity index (χ1n) is 9.65. The quantitative estimate of drug-likeness (QED) is 0.470. The van der Waals surface area contributed by atoms with Crippen LogP contribution in [0.25, 0.3) is 27.8 Å². The SMILES string of the molecule is Nc1ncnc2c1c(-c1ccccc1)cn2-c1ccc(OCCn2ccnc2)cc1. The lowest BCUT2D eigenvalue weighted by Crippen LogP contribution is -2.06. The third-order valence-corrected chi connectivity index (χ3v) is 4.99. The van der Waals surface area contributed by atoms with Gasteiger partial charge < -0.3 is 19.6 Å². The van der Waals surface area contributed by atoms with Crippen molar-refractivity contribution in [3.8, 4) is 22.6 Å². The number of hydrogen-bond donors (Lipinski definition) is 1. The highest BCUT2D eigenvalue weighted by Gasteiger charge is 2.15. The van der Waals surface area contributed by atoms with Gasteiger partial charge in [0.2, 0.25) is 0 Å². The van der Waals surface area contributed by atoms with Crippen molar-refractivity contribution in [2.24, 2.45) is 0 Å². The summed E-state index contributed by atoms with van der Waals surface area (Å²) in [6, 6.07) is 18.1. The number of fused-ring (bicyclic) bond motifs is 1. The molecule has 3 heterocycles. The van der Waals surface area contributed by atoms with Gasteiger partial charge in [-0.3, -0.25) is 0 Å². The number of rotatable bonds is 6. The maximum Gasteiger partial charge on any atom is 0.150 e. The Bertz CT molecular complexity index is 1260. The molecule has 2 aromatic carbocycles. The lowest BCUT2D eigenvalue weighted by Gasteiger charge is -2.09. The van der Waals surface area contributed by atoms with Crippen LogP contribution in [0, 0.1) is 0 Å². The molecule has 0 saturated carbocycles. The van der Waals surface area contributed by atoms with Crippen LogP contribution in [0.1, 0.15) is 0 Å². The van der Waals surface area contributed by atoms with E-state index in [1.807, 2.05) is 57.8 Å². The van der Waals surface area contributed by atoms with Gasteiger partial charge in [-0.2, -0.15) is 0 Å². The second kappa shape index (κ2) is 7.71. The highest BCUT2D eigenvalue weighted by molar-refractivity contribution is 6.01. The summed E-state index contributed by atoms with van der Waals surface area (Å²) in [6.45, 7) is 1.32. The summed E-state index contributed by atoms with van der Waals surface area (Å²) in [5.74, 6) is 1.28. The number of benzene rings is 2. The molecule has 0 saturated heterocycles. The molecule has 0 aliphatic rings. The number of nitrogens with zero attached hydrogens (tertiary/aromatic N) is 5. The van der Waals surface area contributed by atoms with Gasteiger partial charge in [-0.15, -0.1) is 0 Å². The van der Waals surface area contributed by atoms with Gasteiger partial charge in [0.05, 0.1) is 18.3 Å². The highest BCUT2D eigenvalue weighted by atomic mass is 16.5. The minimum Gasteiger partial charge on any atom is -0.492 e. The van der Waals surface area contributed by atoms with E-state index in [0.717, 1.165) is 40.1 Å². The number of nitrogen functional groups attached to an aromatic ring is 1. The van der Waals surface area contributed by atoms with Gasteiger partial charge in [0.1, 0.15) is 24.5 Å². The molecule has 0 atom stereocenters. The maximum atomic E-state index is 6.21. The Balaban J connectivity index is 1.45. The van der Waals surface area contributed by atoms with Crippen molar-refractivity contribution in [2.75, 3.05) is 12.3 Å². The van der Waals surface area contributed by atoms with Crippen LogP contribution in [0.4, 0.5) is 5.82 Å². The van der Waals surface area contributed by atoms with Gasteiger partial charge in [0.15, 0.2) is 5.65 Å². The molecule has 7 nitrogen and oxygen atoms in total. The zero-order chi connectivity index (χ0) is 20.3. The Kier molecular flexibility index (Phi) is 4.61. The summed E-state index contributed by atoms with van der Waals surface area (Å²) in [5, 5.41) is 0.851. The molecule has 0 unspecified atom stereocenters. The number of imidazole rings is 1. The molecule has 7 heteroatoms. The third kappa shape index (κ3) is 3.37. The topological polar surface area (TPSA) is 83.8 Å². The van der Waals surface area contributed by atoms with E-state index >= 15 is 0 Å². The smallest absolute Gasteiger partial charge is 0.150 e. The summed E-state index contributed by atoms with van der Waals surface area (Å²) >= 11 is 0. The summed E-state index contributed by atoms with van der Waals surface area (Å²) in [5.41, 5.74) is 10.0. The molecule has 3 aromatic heterocycles. The highest BCUT2D eigenvalue weighted by Crippen LogP contribution is 2.34. The van der Waals surface area contributed by atoms with Crippen LogP contribution in [-0.2, 0) is 6.54 Å². The zero-order valence-corrected chi connectivity index (χ0v) is 16.2. The Morgan fingerprint density at radius 2 is 1.80 bits per heavy atom. The van der Waals surface area contributed by atoms with Crippen molar-refractivity contribution in [2.45, 2.75) is 6.54 Å². The molecule has 0 spiro atoms. The van der Waals surface area contributed by atoms with Gasteiger partial charge >= 0.3 is 0 Å². The average molecular weight is 396 g/mol. The Labute approximate surface area is 173 Å². The molecule has 0 fully saturated rings. The minimum atomic E-state index is 0.469. The molecule has 2 N–H and O–H groups in total. The molecular weight excluding hydrogens is 376 g/mol. The lowest BCUT2D eigenvalue weighted by atomic mass is 10.1. The van der Waals surface area contributed by atoms with Gasteiger partial charge in [-0.1, -0.05) is 30.3 Å². The first kappa shape index (κ1) is 17.9. The molecule has 0 aliphatic heterocycles. The number of anilines is 1. The van der Waals surface area contributed by atoms with E-state index < -0.39 is 0 Å². The predicted octanol–water partition coefficient (Wildman–Crippen LogP) is 3.95. The van der Waals surface area contributed by atoms with Gasteiger partial charge in [0, 0.05) is 29.8 Å². The second-order valence-electron chi connectivity index (χ2n) is 6.88. The monoisotopic (exact) mass is 396 g/mol. The fraction of sp³-hybridized carbons (Fsp3) is 0.0870. The normalized spacial score (nSPS) is 11.1. The standard InChI is InChI=1S/C23H20N6O/c24-22-21-20(17-4-2-1-3-5-17)14-29(23(21)27-15-26-22)18-6-8-19(9-7-18)30-13-12-28-11-10-25-16-28/h1-11,14-16H,12-13H2,(H2,24,26,27).